The molecule has 1 N–H and O–H groups in total. The molecule has 1 aromatic carbocycles. The molecule has 1 amide bonds. The summed E-state index contributed by atoms with van der Waals surface area (Å²) in [6.45, 7) is 7.14. The molecule has 0 unspecified atom stereocenters. The second kappa shape index (κ2) is 8.08. The highest BCUT2D eigenvalue weighted by molar-refractivity contribution is 7.14. The van der Waals surface area contributed by atoms with E-state index in [0.29, 0.717) is 11.7 Å². The van der Waals surface area contributed by atoms with Crippen molar-refractivity contribution in [2.75, 3.05) is 18.5 Å². The second-order valence-electron chi connectivity index (χ2n) is 6.46. The first-order valence-corrected chi connectivity index (χ1v) is 9.48. The van der Waals surface area contributed by atoms with E-state index in [1.54, 1.807) is 6.92 Å². The maximum atomic E-state index is 12.3. The molecule has 2 heterocycles. The van der Waals surface area contributed by atoms with Gasteiger partial charge in [0.15, 0.2) is 5.13 Å². The Hall–Kier alpha value is -1.76. The molecular weight excluding hydrogens is 336 g/mol. The third kappa shape index (κ3) is 4.66. The van der Waals surface area contributed by atoms with Gasteiger partial charge in [-0.25, -0.2) is 4.98 Å². The van der Waals surface area contributed by atoms with Crippen LogP contribution in [0.1, 0.15) is 30.9 Å². The van der Waals surface area contributed by atoms with E-state index >= 15 is 0 Å². The van der Waals surface area contributed by atoms with Crippen molar-refractivity contribution in [1.82, 2.24) is 4.98 Å². The minimum Gasteiger partial charge on any atom is -0.376 e. The zero-order chi connectivity index (χ0) is 17.8. The second-order valence-corrected chi connectivity index (χ2v) is 7.31. The van der Waals surface area contributed by atoms with Gasteiger partial charge < -0.3 is 9.47 Å². The number of hydrogen-bond acceptors (Lipinski definition) is 5. The lowest BCUT2D eigenvalue weighted by molar-refractivity contribution is -0.128. The summed E-state index contributed by atoms with van der Waals surface area (Å²) in [5.74, 6) is -0.181. The smallest absolute Gasteiger partial charge is 0.254 e. The molecule has 134 valence electrons. The van der Waals surface area contributed by atoms with Crippen molar-refractivity contribution in [3.63, 3.8) is 0 Å². The maximum Gasteiger partial charge on any atom is 0.254 e. The van der Waals surface area contributed by atoms with Crippen molar-refractivity contribution < 1.29 is 14.3 Å². The molecule has 0 radical (unpaired) electrons. The quantitative estimate of drug-likeness (QED) is 0.847. The van der Waals surface area contributed by atoms with Gasteiger partial charge in [0.2, 0.25) is 0 Å². The molecule has 1 aliphatic heterocycles. The van der Waals surface area contributed by atoms with Crippen LogP contribution in [0, 0.1) is 13.8 Å². The first-order chi connectivity index (χ1) is 12.0. The Bertz CT molecular complexity index is 738. The van der Waals surface area contributed by atoms with E-state index in [4.69, 9.17) is 9.47 Å². The SMILES string of the molecule is Cc1ccc(-c2csc(NC(=O)[C@H](C)OC[C@H]3CCCO3)n2)c(C)c1. The first kappa shape index (κ1) is 18.0. The first-order valence-electron chi connectivity index (χ1n) is 8.60. The summed E-state index contributed by atoms with van der Waals surface area (Å²) in [4.78, 5) is 16.8. The number of ether oxygens (including phenoxy) is 2. The Balaban J connectivity index is 1.57. The fraction of sp³-hybridized carbons (Fsp3) is 0.474. The minimum atomic E-state index is -0.530. The summed E-state index contributed by atoms with van der Waals surface area (Å²) in [6.07, 6.45) is 1.65. The number of carbonyl (C=O) groups excluding carboxylic acids is 1. The Kier molecular flexibility index (Phi) is 5.83. The highest BCUT2D eigenvalue weighted by atomic mass is 32.1. The highest BCUT2D eigenvalue weighted by Crippen LogP contribution is 2.28. The molecule has 3 rings (SSSR count). The zero-order valence-electron chi connectivity index (χ0n) is 14.9. The van der Waals surface area contributed by atoms with Gasteiger partial charge in [0.05, 0.1) is 18.4 Å². The number of nitrogens with zero attached hydrogens (tertiary/aromatic N) is 1. The predicted octanol–water partition coefficient (Wildman–Crippen LogP) is 3.95. The standard InChI is InChI=1S/C19H24N2O3S/c1-12-6-7-16(13(2)9-12)17-11-25-19(20-17)21-18(22)14(3)24-10-15-5-4-8-23-15/h6-7,9,11,14-15H,4-5,8,10H2,1-3H3,(H,20,21,22)/t14-,15+/m0/s1. The molecule has 2 aromatic rings. The largest absolute Gasteiger partial charge is 0.376 e. The lowest BCUT2D eigenvalue weighted by Crippen LogP contribution is -2.30. The van der Waals surface area contributed by atoms with Gasteiger partial charge >= 0.3 is 0 Å². The maximum absolute atomic E-state index is 12.3. The summed E-state index contributed by atoms with van der Waals surface area (Å²) >= 11 is 1.42. The number of rotatable bonds is 6. The number of carbonyl (C=O) groups is 1. The topological polar surface area (TPSA) is 60.5 Å². The third-order valence-corrected chi connectivity index (χ3v) is 5.08. The van der Waals surface area contributed by atoms with Crippen LogP contribution >= 0.6 is 11.3 Å². The normalized spacial score (nSPS) is 18.3. The van der Waals surface area contributed by atoms with E-state index in [2.05, 4.69) is 42.3 Å². The van der Waals surface area contributed by atoms with Crippen LogP contribution in [-0.2, 0) is 14.3 Å². The fourth-order valence-corrected chi connectivity index (χ4v) is 3.58. The van der Waals surface area contributed by atoms with Crippen LogP contribution in [0.15, 0.2) is 23.6 Å². The number of nitrogens with one attached hydrogen (secondary N) is 1. The van der Waals surface area contributed by atoms with Crippen molar-refractivity contribution in [2.45, 2.75) is 45.8 Å². The van der Waals surface area contributed by atoms with Gasteiger partial charge in [0, 0.05) is 17.6 Å². The van der Waals surface area contributed by atoms with Crippen molar-refractivity contribution in [1.29, 1.82) is 0 Å². The van der Waals surface area contributed by atoms with E-state index in [1.165, 1.54) is 22.5 Å². The van der Waals surface area contributed by atoms with Crippen molar-refractivity contribution in [3.05, 3.63) is 34.7 Å². The molecule has 5 nitrogen and oxygen atoms in total. The van der Waals surface area contributed by atoms with E-state index in [1.807, 2.05) is 5.38 Å². The zero-order valence-corrected chi connectivity index (χ0v) is 15.7. The van der Waals surface area contributed by atoms with Gasteiger partial charge in [-0.2, -0.15) is 0 Å². The van der Waals surface area contributed by atoms with Gasteiger partial charge in [-0.1, -0.05) is 23.8 Å². The monoisotopic (exact) mass is 360 g/mol. The van der Waals surface area contributed by atoms with Crippen LogP contribution < -0.4 is 5.32 Å². The highest BCUT2D eigenvalue weighted by Gasteiger charge is 2.20. The van der Waals surface area contributed by atoms with Crippen LogP contribution in [-0.4, -0.2) is 36.3 Å². The van der Waals surface area contributed by atoms with Crippen LogP contribution in [0.5, 0.6) is 0 Å². The Labute approximate surface area is 152 Å². The van der Waals surface area contributed by atoms with Gasteiger partial charge in [0.25, 0.3) is 5.91 Å². The average Bonchev–Trinajstić information content (AvgIpc) is 3.24. The average molecular weight is 360 g/mol. The van der Waals surface area contributed by atoms with E-state index in [-0.39, 0.29) is 12.0 Å². The molecule has 0 bridgehead atoms. The number of thiazole rings is 1. The number of amides is 1. The molecule has 1 fully saturated rings. The molecule has 1 saturated heterocycles. The van der Waals surface area contributed by atoms with Crippen molar-refractivity contribution in [2.24, 2.45) is 0 Å². The molecule has 1 aromatic heterocycles. The summed E-state index contributed by atoms with van der Waals surface area (Å²) in [5, 5.41) is 5.39. The molecule has 25 heavy (non-hydrogen) atoms. The van der Waals surface area contributed by atoms with E-state index in [9.17, 15) is 4.79 Å². The van der Waals surface area contributed by atoms with Crippen LogP contribution in [0.3, 0.4) is 0 Å². The predicted molar refractivity (Wildman–Crippen MR) is 100 cm³/mol. The summed E-state index contributed by atoms with van der Waals surface area (Å²) in [5.41, 5.74) is 4.37. The Morgan fingerprint density at radius 2 is 2.32 bits per heavy atom. The number of hydrogen-bond donors (Lipinski definition) is 1. The summed E-state index contributed by atoms with van der Waals surface area (Å²) < 4.78 is 11.1. The molecular formula is C19H24N2O3S. The molecule has 6 heteroatoms. The van der Waals surface area contributed by atoms with Crippen molar-refractivity contribution >= 4 is 22.4 Å². The van der Waals surface area contributed by atoms with E-state index in [0.717, 1.165) is 30.7 Å². The van der Waals surface area contributed by atoms with Crippen LogP contribution in [0.25, 0.3) is 11.3 Å². The van der Waals surface area contributed by atoms with Crippen LogP contribution in [0.2, 0.25) is 0 Å². The molecule has 1 aliphatic rings. The van der Waals surface area contributed by atoms with E-state index < -0.39 is 6.10 Å². The fourth-order valence-electron chi connectivity index (χ4n) is 2.87. The summed E-state index contributed by atoms with van der Waals surface area (Å²) in [6, 6.07) is 6.27. The van der Waals surface area contributed by atoms with Gasteiger partial charge in [-0.05, 0) is 39.2 Å². The van der Waals surface area contributed by atoms with Crippen molar-refractivity contribution in [3.8, 4) is 11.3 Å². The van der Waals surface area contributed by atoms with Crippen LogP contribution in [0.4, 0.5) is 5.13 Å². The van der Waals surface area contributed by atoms with Gasteiger partial charge in [0.1, 0.15) is 6.10 Å². The number of anilines is 1. The minimum absolute atomic E-state index is 0.117. The molecule has 0 saturated carbocycles. The van der Waals surface area contributed by atoms with Gasteiger partial charge in [-0.15, -0.1) is 11.3 Å². The number of aryl methyl sites for hydroxylation is 2. The summed E-state index contributed by atoms with van der Waals surface area (Å²) in [7, 11) is 0. The lowest BCUT2D eigenvalue weighted by atomic mass is 10.0. The lowest BCUT2D eigenvalue weighted by Gasteiger charge is -2.15. The molecule has 0 aliphatic carbocycles. The Morgan fingerprint density at radius 1 is 1.48 bits per heavy atom. The van der Waals surface area contributed by atoms with Gasteiger partial charge in [-0.3, -0.25) is 10.1 Å². The number of benzene rings is 1. The molecule has 0 spiro atoms. The third-order valence-electron chi connectivity index (χ3n) is 4.32. The number of aromatic nitrogens is 1. The Morgan fingerprint density at radius 3 is 3.04 bits per heavy atom. The molecule has 2 atom stereocenters.